The average Bonchev–Trinajstić information content (AvgIpc) is 3.36. The Hall–Kier alpha value is -2.53. The van der Waals surface area contributed by atoms with E-state index in [1.165, 1.54) is 5.56 Å². The number of amides is 2. The second-order valence-corrected chi connectivity index (χ2v) is 7.39. The van der Waals surface area contributed by atoms with Gasteiger partial charge in [0, 0.05) is 13.1 Å². The highest BCUT2D eigenvalue weighted by Crippen LogP contribution is 2.33. The third kappa shape index (κ3) is 3.40. The van der Waals surface area contributed by atoms with E-state index in [4.69, 9.17) is 4.74 Å². The number of carbonyl (C=O) groups excluding carboxylic acids is 1. The Labute approximate surface area is 157 Å². The topological polar surface area (TPSA) is 41.6 Å². The molecule has 1 aliphatic rings. The molecule has 1 N–H and O–H groups in total. The van der Waals surface area contributed by atoms with Gasteiger partial charge in [0.15, 0.2) is 0 Å². The van der Waals surface area contributed by atoms with Gasteiger partial charge in [0.2, 0.25) is 0 Å². The number of rotatable bonds is 4. The van der Waals surface area contributed by atoms with Crippen LogP contribution < -0.4 is 10.1 Å². The van der Waals surface area contributed by atoms with E-state index in [1.807, 2.05) is 23.1 Å². The Morgan fingerprint density at radius 1 is 1.23 bits per heavy atom. The van der Waals surface area contributed by atoms with Gasteiger partial charge in [-0.2, -0.15) is 11.3 Å². The van der Waals surface area contributed by atoms with Crippen molar-refractivity contribution >= 4 is 28.1 Å². The maximum atomic E-state index is 12.7. The van der Waals surface area contributed by atoms with Crippen LogP contribution in [0.2, 0.25) is 0 Å². The zero-order valence-electron chi connectivity index (χ0n) is 14.8. The maximum Gasteiger partial charge on any atom is 0.318 e. The molecule has 4 rings (SSSR count). The fourth-order valence-corrected chi connectivity index (χ4v) is 4.32. The summed E-state index contributed by atoms with van der Waals surface area (Å²) in [7, 11) is 1.67. The first-order valence-corrected chi connectivity index (χ1v) is 9.82. The molecule has 0 aliphatic carbocycles. The lowest BCUT2D eigenvalue weighted by atomic mass is 10.1. The van der Waals surface area contributed by atoms with Crippen LogP contribution in [0.4, 0.5) is 4.79 Å². The number of hydrogen-bond acceptors (Lipinski definition) is 3. The number of benzene rings is 2. The number of urea groups is 1. The van der Waals surface area contributed by atoms with E-state index >= 15 is 0 Å². The Kier molecular flexibility index (Phi) is 4.80. The summed E-state index contributed by atoms with van der Waals surface area (Å²) in [6.07, 6.45) is 2.10. The van der Waals surface area contributed by atoms with E-state index < -0.39 is 0 Å². The molecule has 1 aliphatic heterocycles. The van der Waals surface area contributed by atoms with Gasteiger partial charge >= 0.3 is 6.03 Å². The molecular formula is C21H22N2O2S. The van der Waals surface area contributed by atoms with Crippen molar-refractivity contribution < 1.29 is 9.53 Å². The Balaban J connectivity index is 1.43. The molecule has 26 heavy (non-hydrogen) atoms. The summed E-state index contributed by atoms with van der Waals surface area (Å²) in [5, 5.41) is 9.59. The summed E-state index contributed by atoms with van der Waals surface area (Å²) in [4.78, 5) is 14.6. The smallest absolute Gasteiger partial charge is 0.318 e. The second-order valence-electron chi connectivity index (χ2n) is 6.61. The number of methoxy groups -OCH3 is 1. The van der Waals surface area contributed by atoms with Crippen LogP contribution in [-0.2, 0) is 6.54 Å². The van der Waals surface area contributed by atoms with Crippen molar-refractivity contribution in [3.8, 4) is 5.75 Å². The highest BCUT2D eigenvalue weighted by Gasteiger charge is 2.29. The minimum atomic E-state index is 0.0218. The predicted molar refractivity (Wildman–Crippen MR) is 106 cm³/mol. The van der Waals surface area contributed by atoms with Crippen molar-refractivity contribution in [1.29, 1.82) is 0 Å². The summed E-state index contributed by atoms with van der Waals surface area (Å²) in [5.41, 5.74) is 2.35. The average molecular weight is 366 g/mol. The van der Waals surface area contributed by atoms with Crippen molar-refractivity contribution in [3.63, 3.8) is 0 Å². The van der Waals surface area contributed by atoms with Gasteiger partial charge in [0.25, 0.3) is 0 Å². The molecule has 3 aromatic rings. The molecule has 134 valence electrons. The Bertz CT molecular complexity index is 908. The normalized spacial score (nSPS) is 16.8. The molecule has 0 radical (unpaired) electrons. The summed E-state index contributed by atoms with van der Waals surface area (Å²) in [6, 6.07) is 14.6. The first kappa shape index (κ1) is 16.9. The zero-order chi connectivity index (χ0) is 17.9. The summed E-state index contributed by atoms with van der Waals surface area (Å²) in [5.74, 6) is 0.854. The maximum absolute atomic E-state index is 12.7. The monoisotopic (exact) mass is 366 g/mol. The van der Waals surface area contributed by atoms with Crippen LogP contribution in [-0.4, -0.2) is 24.6 Å². The highest BCUT2D eigenvalue weighted by atomic mass is 32.1. The van der Waals surface area contributed by atoms with Gasteiger partial charge in [-0.05, 0) is 69.8 Å². The van der Waals surface area contributed by atoms with E-state index in [2.05, 4.69) is 40.3 Å². The number of hydrogen-bond donors (Lipinski definition) is 1. The summed E-state index contributed by atoms with van der Waals surface area (Å²) < 4.78 is 5.27. The fourth-order valence-electron chi connectivity index (χ4n) is 3.61. The molecule has 1 unspecified atom stereocenters. The van der Waals surface area contributed by atoms with Gasteiger partial charge in [-0.3, -0.25) is 0 Å². The van der Waals surface area contributed by atoms with Crippen molar-refractivity contribution in [2.24, 2.45) is 0 Å². The lowest BCUT2D eigenvalue weighted by Gasteiger charge is -2.24. The second kappa shape index (κ2) is 7.38. The molecule has 2 aromatic carbocycles. The minimum Gasteiger partial charge on any atom is -0.497 e. The number of carbonyl (C=O) groups is 1. The van der Waals surface area contributed by atoms with Gasteiger partial charge < -0.3 is 15.0 Å². The van der Waals surface area contributed by atoms with Gasteiger partial charge in [-0.15, -0.1) is 0 Å². The standard InChI is InChI=1S/C21H22N2O2S/c1-25-19-7-6-16-11-15(4-5-17(16)12-19)13-22-21(24)23-9-2-3-20(23)18-8-10-26-14-18/h4-8,10-12,14,20H,2-3,9,13H2,1H3,(H,22,24). The summed E-state index contributed by atoms with van der Waals surface area (Å²) >= 11 is 1.69. The van der Waals surface area contributed by atoms with Crippen LogP contribution in [0.3, 0.4) is 0 Å². The largest absolute Gasteiger partial charge is 0.497 e. The van der Waals surface area contributed by atoms with Gasteiger partial charge in [0.05, 0.1) is 13.2 Å². The van der Waals surface area contributed by atoms with E-state index in [-0.39, 0.29) is 12.1 Å². The lowest BCUT2D eigenvalue weighted by Crippen LogP contribution is -2.39. The van der Waals surface area contributed by atoms with Crippen molar-refractivity contribution in [1.82, 2.24) is 10.2 Å². The third-order valence-electron chi connectivity index (χ3n) is 5.00. The van der Waals surface area contributed by atoms with Crippen LogP contribution in [0, 0.1) is 0 Å². The van der Waals surface area contributed by atoms with E-state index in [9.17, 15) is 4.79 Å². The number of thiophene rings is 1. The molecule has 1 atom stereocenters. The van der Waals surface area contributed by atoms with Crippen LogP contribution in [0.5, 0.6) is 5.75 Å². The van der Waals surface area contributed by atoms with E-state index in [0.29, 0.717) is 6.54 Å². The van der Waals surface area contributed by atoms with Gasteiger partial charge in [-0.1, -0.05) is 18.2 Å². The van der Waals surface area contributed by atoms with Crippen LogP contribution in [0.25, 0.3) is 10.8 Å². The number of ether oxygens (including phenoxy) is 1. The highest BCUT2D eigenvalue weighted by molar-refractivity contribution is 7.08. The molecule has 0 spiro atoms. The number of nitrogens with one attached hydrogen (secondary N) is 1. The molecule has 5 heteroatoms. The van der Waals surface area contributed by atoms with Gasteiger partial charge in [0.1, 0.15) is 5.75 Å². The predicted octanol–water partition coefficient (Wildman–Crippen LogP) is 4.96. The fraction of sp³-hybridized carbons (Fsp3) is 0.286. The van der Waals surface area contributed by atoms with Crippen molar-refractivity contribution in [3.05, 3.63) is 64.4 Å². The SMILES string of the molecule is COc1ccc2cc(CNC(=O)N3CCCC3c3ccsc3)ccc2c1. The van der Waals surface area contributed by atoms with E-state index in [1.54, 1.807) is 18.4 Å². The first-order chi connectivity index (χ1) is 12.7. The lowest BCUT2D eigenvalue weighted by molar-refractivity contribution is 0.192. The Morgan fingerprint density at radius 2 is 2.08 bits per heavy atom. The molecule has 0 bridgehead atoms. The molecule has 1 saturated heterocycles. The molecule has 0 saturated carbocycles. The van der Waals surface area contributed by atoms with Crippen LogP contribution in [0.1, 0.15) is 30.0 Å². The molecule has 2 heterocycles. The van der Waals surface area contributed by atoms with Crippen LogP contribution in [0.15, 0.2) is 53.2 Å². The quantitative estimate of drug-likeness (QED) is 0.709. The first-order valence-electron chi connectivity index (χ1n) is 8.88. The van der Waals surface area contributed by atoms with Gasteiger partial charge in [-0.25, -0.2) is 4.79 Å². The minimum absolute atomic E-state index is 0.0218. The van der Waals surface area contributed by atoms with Crippen LogP contribution >= 0.6 is 11.3 Å². The Morgan fingerprint density at radius 3 is 2.88 bits per heavy atom. The third-order valence-corrected chi connectivity index (χ3v) is 5.70. The van der Waals surface area contributed by atoms with Crippen molar-refractivity contribution in [2.75, 3.05) is 13.7 Å². The van der Waals surface area contributed by atoms with E-state index in [0.717, 1.165) is 41.5 Å². The molecule has 1 fully saturated rings. The molecule has 4 nitrogen and oxygen atoms in total. The molecular weight excluding hydrogens is 344 g/mol. The summed E-state index contributed by atoms with van der Waals surface area (Å²) in [6.45, 7) is 1.36. The number of nitrogens with zero attached hydrogens (tertiary/aromatic N) is 1. The van der Waals surface area contributed by atoms with Crippen molar-refractivity contribution in [2.45, 2.75) is 25.4 Å². The number of fused-ring (bicyclic) bond motifs is 1. The number of likely N-dealkylation sites (tertiary alicyclic amines) is 1. The molecule has 1 aromatic heterocycles. The molecule has 2 amide bonds. The zero-order valence-corrected chi connectivity index (χ0v) is 15.6.